The van der Waals surface area contributed by atoms with Crippen LogP contribution in [-0.2, 0) is 44.0 Å². The summed E-state index contributed by atoms with van der Waals surface area (Å²) >= 11 is 0. The molecule has 2 aromatic carbocycles. The van der Waals surface area contributed by atoms with Gasteiger partial charge in [-0.1, -0.05) is 38.1 Å². The zero-order chi connectivity index (χ0) is 48.6. The molecule has 0 N–H and O–H groups in total. The lowest BCUT2D eigenvalue weighted by molar-refractivity contribution is 0.412. The summed E-state index contributed by atoms with van der Waals surface area (Å²) in [6.07, 6.45) is 7.91. The van der Waals surface area contributed by atoms with Crippen molar-refractivity contribution in [3.8, 4) is 46.0 Å². The fourth-order valence-corrected chi connectivity index (χ4v) is 10.9. The number of benzene rings is 2. The summed E-state index contributed by atoms with van der Waals surface area (Å²) < 4.78 is 106. The van der Waals surface area contributed by atoms with Crippen LogP contribution in [0.4, 0.5) is 8.78 Å². The molecule has 18 nitrogen and oxygen atoms in total. The third-order valence-electron chi connectivity index (χ3n) is 11.0. The Hall–Kier alpha value is -7.20. The maximum Gasteiger partial charge on any atom is 0.204 e. The van der Waals surface area contributed by atoms with E-state index in [1.165, 1.54) is 12.5 Å². The van der Waals surface area contributed by atoms with Gasteiger partial charge in [-0.3, -0.25) is 9.13 Å². The second-order valence-corrected chi connectivity index (χ2v) is 20.0. The van der Waals surface area contributed by atoms with Gasteiger partial charge in [0.05, 0.1) is 73.4 Å². The molecule has 0 aliphatic carbocycles. The Morgan fingerprint density at radius 1 is 0.574 bits per heavy atom. The minimum atomic E-state index is -3.72. The summed E-state index contributed by atoms with van der Waals surface area (Å²) in [4.78, 5) is 15.6. The predicted octanol–water partition coefficient (Wildman–Crippen LogP) is 7.42. The van der Waals surface area contributed by atoms with Gasteiger partial charge in [0.1, 0.15) is 34.7 Å². The number of rotatable bonds is 18. The van der Waals surface area contributed by atoms with Gasteiger partial charge in [-0.2, -0.15) is 0 Å². The van der Waals surface area contributed by atoms with Crippen molar-refractivity contribution >= 4 is 19.7 Å². The molecule has 8 rings (SSSR count). The van der Waals surface area contributed by atoms with Crippen molar-refractivity contribution in [2.75, 3.05) is 14.2 Å². The molecule has 68 heavy (non-hydrogen) atoms. The van der Waals surface area contributed by atoms with E-state index in [1.807, 2.05) is 38.1 Å². The van der Waals surface area contributed by atoms with Crippen LogP contribution in [0, 0.1) is 25.5 Å². The Labute approximate surface area is 391 Å². The number of hydrogen-bond donors (Lipinski definition) is 0. The summed E-state index contributed by atoms with van der Waals surface area (Å²) in [6.45, 7) is 7.33. The minimum absolute atomic E-state index is 0.0615. The Bertz CT molecular complexity index is 2950. The van der Waals surface area contributed by atoms with E-state index in [2.05, 4.69) is 40.3 Å². The monoisotopic (exact) mass is 970 g/mol. The molecule has 356 valence electrons. The maximum absolute atomic E-state index is 13.5. The number of furan rings is 2. The number of sulfone groups is 2. The van der Waals surface area contributed by atoms with Crippen LogP contribution in [0.15, 0.2) is 107 Å². The SMILES string of the molecule is CC[C@@H](Cc1ncc(F)cn1)S(=O)(=O)Cc1nnc(-c2ccco2)n1-c1c(C)cccc1OC.CC[C@H](Cc1ncc(F)cn1)S(=O)(=O)Cc1nnc(-c2ccco2)n1-c1c(C)cccc1OC. The third-order valence-corrected chi connectivity index (χ3v) is 15.3. The van der Waals surface area contributed by atoms with Gasteiger partial charge in [0, 0.05) is 12.8 Å². The largest absolute Gasteiger partial charge is 0.495 e. The van der Waals surface area contributed by atoms with Crippen LogP contribution in [0.3, 0.4) is 0 Å². The lowest BCUT2D eigenvalue weighted by Crippen LogP contribution is -2.27. The van der Waals surface area contributed by atoms with E-state index in [-0.39, 0.29) is 47.6 Å². The fraction of sp³-hybridized carbons (Fsp3) is 0.304. The first kappa shape index (κ1) is 48.7. The van der Waals surface area contributed by atoms with Crippen molar-refractivity contribution in [2.24, 2.45) is 0 Å². The number of aromatic nitrogens is 10. The summed E-state index contributed by atoms with van der Waals surface area (Å²) in [5.41, 5.74) is 2.94. The predicted molar refractivity (Wildman–Crippen MR) is 245 cm³/mol. The summed E-state index contributed by atoms with van der Waals surface area (Å²) in [7, 11) is -4.36. The summed E-state index contributed by atoms with van der Waals surface area (Å²) in [5.74, 6) is 1.72. The molecule has 2 atom stereocenters. The van der Waals surface area contributed by atoms with Crippen molar-refractivity contribution in [3.05, 3.63) is 144 Å². The number of methoxy groups -OCH3 is 2. The molecule has 0 fully saturated rings. The maximum atomic E-state index is 13.5. The molecule has 0 unspecified atom stereocenters. The highest BCUT2D eigenvalue weighted by Gasteiger charge is 2.32. The second kappa shape index (κ2) is 21.2. The van der Waals surface area contributed by atoms with Gasteiger partial charge in [0.25, 0.3) is 0 Å². The van der Waals surface area contributed by atoms with Gasteiger partial charge in [0.2, 0.25) is 11.6 Å². The molecule has 0 amide bonds. The van der Waals surface area contributed by atoms with Crippen LogP contribution < -0.4 is 9.47 Å². The number of aryl methyl sites for hydroxylation is 2. The average Bonchev–Trinajstić information content (AvgIpc) is 4.18. The van der Waals surface area contributed by atoms with E-state index < -0.39 is 41.8 Å². The van der Waals surface area contributed by atoms with Gasteiger partial charge >= 0.3 is 0 Å². The van der Waals surface area contributed by atoms with E-state index in [1.54, 1.807) is 73.6 Å². The van der Waals surface area contributed by atoms with Crippen molar-refractivity contribution in [1.82, 2.24) is 49.5 Å². The summed E-state index contributed by atoms with van der Waals surface area (Å²) in [5, 5.41) is 15.4. The molecule has 0 aliphatic heterocycles. The van der Waals surface area contributed by atoms with E-state index in [4.69, 9.17) is 18.3 Å². The van der Waals surface area contributed by atoms with Crippen molar-refractivity contribution in [3.63, 3.8) is 0 Å². The Morgan fingerprint density at radius 2 is 0.956 bits per heavy atom. The summed E-state index contributed by atoms with van der Waals surface area (Å²) in [6, 6.07) is 17.9. The van der Waals surface area contributed by atoms with E-state index >= 15 is 0 Å². The number of nitrogens with zero attached hydrogens (tertiary/aromatic N) is 10. The molecule has 0 bridgehead atoms. The Morgan fingerprint density at radius 3 is 1.28 bits per heavy atom. The van der Waals surface area contributed by atoms with Gasteiger partial charge in [-0.15, -0.1) is 20.4 Å². The van der Waals surface area contributed by atoms with Crippen LogP contribution in [0.1, 0.15) is 61.1 Å². The lowest BCUT2D eigenvalue weighted by Gasteiger charge is -2.18. The lowest BCUT2D eigenvalue weighted by atomic mass is 10.1. The highest BCUT2D eigenvalue weighted by molar-refractivity contribution is 7.91. The second-order valence-electron chi connectivity index (χ2n) is 15.5. The van der Waals surface area contributed by atoms with Crippen LogP contribution in [0.5, 0.6) is 11.5 Å². The first-order valence-electron chi connectivity index (χ1n) is 21.3. The molecular weight excluding hydrogens is 923 g/mol. The molecule has 22 heteroatoms. The molecule has 0 saturated carbocycles. The topological polar surface area (TPSA) is 226 Å². The molecule has 0 radical (unpaired) electrons. The highest BCUT2D eigenvalue weighted by atomic mass is 32.2. The first-order chi connectivity index (χ1) is 32.7. The zero-order valence-corrected chi connectivity index (χ0v) is 39.6. The van der Waals surface area contributed by atoms with Crippen LogP contribution in [0.25, 0.3) is 34.5 Å². The number of hydrogen-bond acceptors (Lipinski definition) is 16. The van der Waals surface area contributed by atoms with Crippen LogP contribution in [0.2, 0.25) is 0 Å². The zero-order valence-electron chi connectivity index (χ0n) is 37.9. The van der Waals surface area contributed by atoms with Gasteiger partial charge < -0.3 is 18.3 Å². The van der Waals surface area contributed by atoms with Crippen molar-refractivity contribution in [1.29, 1.82) is 0 Å². The molecule has 6 aromatic heterocycles. The van der Waals surface area contributed by atoms with Gasteiger partial charge in [-0.05, 0) is 74.2 Å². The smallest absolute Gasteiger partial charge is 0.204 e. The Balaban J connectivity index is 0.000000201. The number of halogens is 2. The molecule has 0 spiro atoms. The highest BCUT2D eigenvalue weighted by Crippen LogP contribution is 2.35. The van der Waals surface area contributed by atoms with Crippen molar-refractivity contribution < 1.29 is 43.9 Å². The quantitative estimate of drug-likeness (QED) is 0.0815. The van der Waals surface area contributed by atoms with Crippen LogP contribution in [-0.4, -0.2) is 91.0 Å². The molecule has 8 aromatic rings. The van der Waals surface area contributed by atoms with E-state index in [0.29, 0.717) is 58.9 Å². The van der Waals surface area contributed by atoms with Crippen LogP contribution >= 0.6 is 0 Å². The van der Waals surface area contributed by atoms with Crippen molar-refractivity contribution in [2.45, 2.75) is 75.4 Å². The van der Waals surface area contributed by atoms with Gasteiger partial charge in [-0.25, -0.2) is 45.6 Å². The normalized spacial score (nSPS) is 12.6. The van der Waals surface area contributed by atoms with E-state index in [0.717, 1.165) is 35.9 Å². The molecule has 0 saturated heterocycles. The van der Waals surface area contributed by atoms with E-state index in [9.17, 15) is 25.6 Å². The molecular formula is C46H48F2N10O8S2. The molecule has 6 heterocycles. The average molecular weight is 971 g/mol. The standard InChI is InChI=1S/2C23H24FN5O4S/c2*1-4-17(11-20-25-12-16(24)13-26-20)34(30,31)14-21-27-28-23(19-9-6-10-33-19)29(21)22-15(2)7-5-8-18(22)32-3/h2*5-10,12-13,17H,4,11,14H2,1-3H3/t2*17-/m10/s1. The number of ether oxygens (including phenoxy) is 2. The Kier molecular flexibility index (Phi) is 15.2. The fourth-order valence-electron chi connectivity index (χ4n) is 7.53. The minimum Gasteiger partial charge on any atom is -0.495 e. The molecule has 0 aliphatic rings. The first-order valence-corrected chi connectivity index (χ1v) is 24.7. The van der Waals surface area contributed by atoms with Gasteiger partial charge in [0.15, 0.2) is 54.5 Å². The third kappa shape index (κ3) is 10.8. The number of para-hydroxylation sites is 2.